The molecule has 0 radical (unpaired) electrons. The van der Waals surface area contributed by atoms with Crippen molar-refractivity contribution in [2.45, 2.75) is 13.8 Å². The van der Waals surface area contributed by atoms with Gasteiger partial charge in [-0.1, -0.05) is 30.3 Å². The lowest BCUT2D eigenvalue weighted by atomic mass is 9.91. The monoisotopic (exact) mass is 447 g/mol. The third-order valence-corrected chi connectivity index (χ3v) is 4.98. The molecule has 1 amide bonds. The number of amides is 1. The SMILES string of the molecule is CCOc1ccc(C(=O)Nc2c(C(=O)O)cc(C(=O)c3ccccc3)c(C)c2C(=O)O)cc1. The second-order valence-corrected chi connectivity index (χ2v) is 7.06. The summed E-state index contributed by atoms with van der Waals surface area (Å²) in [4.78, 5) is 49.8. The number of benzene rings is 3. The zero-order chi connectivity index (χ0) is 24.1. The molecule has 8 nitrogen and oxygen atoms in total. The first-order chi connectivity index (χ1) is 15.7. The summed E-state index contributed by atoms with van der Waals surface area (Å²) in [5.74, 6) is -3.64. The topological polar surface area (TPSA) is 130 Å². The maximum Gasteiger partial charge on any atom is 0.338 e. The minimum atomic E-state index is -1.48. The Morgan fingerprint density at radius 3 is 2.03 bits per heavy atom. The average Bonchev–Trinajstić information content (AvgIpc) is 2.79. The molecule has 33 heavy (non-hydrogen) atoms. The largest absolute Gasteiger partial charge is 0.494 e. The molecule has 0 fully saturated rings. The number of hydrogen-bond donors (Lipinski definition) is 3. The molecule has 3 rings (SSSR count). The highest BCUT2D eigenvalue weighted by Gasteiger charge is 2.28. The van der Waals surface area contributed by atoms with Crippen LogP contribution in [0.2, 0.25) is 0 Å². The Balaban J connectivity index is 2.10. The van der Waals surface area contributed by atoms with Crippen LogP contribution in [-0.4, -0.2) is 40.4 Å². The predicted molar refractivity (Wildman–Crippen MR) is 121 cm³/mol. The molecule has 0 heterocycles. The predicted octanol–water partition coefficient (Wildman–Crippen LogP) is 4.27. The number of anilines is 1. The first-order valence-corrected chi connectivity index (χ1v) is 10.0. The van der Waals surface area contributed by atoms with E-state index < -0.39 is 40.4 Å². The molecule has 0 atom stereocenters. The lowest BCUT2D eigenvalue weighted by Crippen LogP contribution is -2.21. The van der Waals surface area contributed by atoms with Gasteiger partial charge in [-0.2, -0.15) is 0 Å². The molecule has 3 aromatic rings. The van der Waals surface area contributed by atoms with Gasteiger partial charge in [0.15, 0.2) is 5.78 Å². The van der Waals surface area contributed by atoms with E-state index >= 15 is 0 Å². The van der Waals surface area contributed by atoms with E-state index in [9.17, 15) is 29.4 Å². The maximum absolute atomic E-state index is 13.0. The fraction of sp³-hybridized carbons (Fsp3) is 0.120. The number of carboxylic acid groups (broad SMARTS) is 2. The van der Waals surface area contributed by atoms with Gasteiger partial charge in [0.25, 0.3) is 5.91 Å². The van der Waals surface area contributed by atoms with Crippen LogP contribution in [0, 0.1) is 6.92 Å². The van der Waals surface area contributed by atoms with Gasteiger partial charge in [0.2, 0.25) is 0 Å². The Kier molecular flexibility index (Phi) is 6.88. The smallest absolute Gasteiger partial charge is 0.338 e. The average molecular weight is 447 g/mol. The van der Waals surface area contributed by atoms with Crippen molar-refractivity contribution >= 4 is 29.3 Å². The van der Waals surface area contributed by atoms with Crippen LogP contribution in [0.3, 0.4) is 0 Å². The number of hydrogen-bond acceptors (Lipinski definition) is 5. The van der Waals surface area contributed by atoms with Gasteiger partial charge in [-0.05, 0) is 49.7 Å². The van der Waals surface area contributed by atoms with E-state index in [4.69, 9.17) is 4.74 Å². The quantitative estimate of drug-likeness (QED) is 0.440. The number of carbonyl (C=O) groups excluding carboxylic acids is 2. The zero-order valence-electron chi connectivity index (χ0n) is 17.9. The van der Waals surface area contributed by atoms with Crippen molar-refractivity contribution in [3.8, 4) is 5.75 Å². The molecule has 0 saturated carbocycles. The van der Waals surface area contributed by atoms with Crippen LogP contribution in [0.1, 0.15) is 59.5 Å². The number of rotatable bonds is 8. The highest BCUT2D eigenvalue weighted by atomic mass is 16.5. The minimum absolute atomic E-state index is 0.0448. The van der Waals surface area contributed by atoms with Crippen LogP contribution in [-0.2, 0) is 0 Å². The first-order valence-electron chi connectivity index (χ1n) is 10.0. The van der Waals surface area contributed by atoms with Gasteiger partial charge < -0.3 is 20.3 Å². The summed E-state index contributed by atoms with van der Waals surface area (Å²) < 4.78 is 5.33. The van der Waals surface area contributed by atoms with Crippen LogP contribution in [0.25, 0.3) is 0 Å². The van der Waals surface area contributed by atoms with Crippen LogP contribution >= 0.6 is 0 Å². The van der Waals surface area contributed by atoms with Crippen LogP contribution < -0.4 is 10.1 Å². The van der Waals surface area contributed by atoms with Crippen LogP contribution in [0.4, 0.5) is 5.69 Å². The van der Waals surface area contributed by atoms with E-state index in [2.05, 4.69) is 5.32 Å². The summed E-state index contributed by atoms with van der Waals surface area (Å²) in [5, 5.41) is 22.0. The number of carbonyl (C=O) groups is 4. The maximum atomic E-state index is 13.0. The van der Waals surface area contributed by atoms with Crippen molar-refractivity contribution in [1.82, 2.24) is 0 Å². The van der Waals surface area contributed by atoms with Crippen molar-refractivity contribution in [1.29, 1.82) is 0 Å². The second kappa shape index (κ2) is 9.78. The van der Waals surface area contributed by atoms with E-state index in [1.807, 2.05) is 6.92 Å². The molecule has 168 valence electrons. The highest BCUT2D eigenvalue weighted by Crippen LogP contribution is 2.30. The molecular weight excluding hydrogens is 426 g/mol. The fourth-order valence-corrected chi connectivity index (χ4v) is 3.38. The number of ether oxygens (including phenoxy) is 1. The number of carboxylic acids is 2. The first kappa shape index (κ1) is 23.2. The molecule has 0 aromatic heterocycles. The lowest BCUT2D eigenvalue weighted by Gasteiger charge is -2.17. The summed E-state index contributed by atoms with van der Waals surface area (Å²) >= 11 is 0. The van der Waals surface area contributed by atoms with Gasteiger partial charge in [0.1, 0.15) is 5.75 Å². The molecule has 0 spiro atoms. The number of aromatic carboxylic acids is 2. The summed E-state index contributed by atoms with van der Waals surface area (Å²) in [7, 11) is 0. The van der Waals surface area contributed by atoms with Crippen molar-refractivity contribution < 1.29 is 34.1 Å². The zero-order valence-corrected chi connectivity index (χ0v) is 17.9. The summed E-state index contributed by atoms with van der Waals surface area (Å²) in [6.45, 7) is 3.66. The van der Waals surface area contributed by atoms with Gasteiger partial charge >= 0.3 is 11.9 Å². The highest BCUT2D eigenvalue weighted by molar-refractivity contribution is 6.17. The molecule has 0 aliphatic carbocycles. The molecule has 0 aliphatic heterocycles. The van der Waals surface area contributed by atoms with Crippen molar-refractivity contribution in [2.24, 2.45) is 0 Å². The number of ketones is 1. The molecular formula is C25H21NO7. The van der Waals surface area contributed by atoms with Gasteiger partial charge in [-0.15, -0.1) is 0 Å². The van der Waals surface area contributed by atoms with E-state index in [1.54, 1.807) is 42.5 Å². The van der Waals surface area contributed by atoms with Gasteiger partial charge in [0, 0.05) is 16.7 Å². The van der Waals surface area contributed by atoms with Gasteiger partial charge in [-0.3, -0.25) is 9.59 Å². The van der Waals surface area contributed by atoms with Crippen molar-refractivity contribution in [2.75, 3.05) is 11.9 Å². The summed E-state index contributed by atoms with van der Waals surface area (Å²) in [6, 6.07) is 15.3. The summed E-state index contributed by atoms with van der Waals surface area (Å²) in [6.07, 6.45) is 0. The number of nitrogens with one attached hydrogen (secondary N) is 1. The Morgan fingerprint density at radius 1 is 0.848 bits per heavy atom. The molecule has 0 bridgehead atoms. The molecule has 8 heteroatoms. The third-order valence-electron chi connectivity index (χ3n) is 4.98. The van der Waals surface area contributed by atoms with E-state index in [0.29, 0.717) is 12.4 Å². The Labute approximate surface area is 189 Å². The Bertz CT molecular complexity index is 1230. The summed E-state index contributed by atoms with van der Waals surface area (Å²) in [5.41, 5.74) is -0.938. The second-order valence-electron chi connectivity index (χ2n) is 7.06. The van der Waals surface area contributed by atoms with Gasteiger partial charge in [-0.25, -0.2) is 9.59 Å². The van der Waals surface area contributed by atoms with E-state index in [-0.39, 0.29) is 22.3 Å². The molecule has 3 aromatic carbocycles. The van der Waals surface area contributed by atoms with Crippen molar-refractivity contribution in [3.05, 3.63) is 94.0 Å². The Morgan fingerprint density at radius 2 is 1.48 bits per heavy atom. The molecule has 0 saturated heterocycles. The normalized spacial score (nSPS) is 10.4. The molecule has 0 aliphatic rings. The fourth-order valence-electron chi connectivity index (χ4n) is 3.38. The third kappa shape index (κ3) is 4.90. The van der Waals surface area contributed by atoms with Crippen LogP contribution in [0.5, 0.6) is 5.75 Å². The van der Waals surface area contributed by atoms with E-state index in [1.165, 1.54) is 19.1 Å². The van der Waals surface area contributed by atoms with Crippen molar-refractivity contribution in [3.63, 3.8) is 0 Å². The van der Waals surface area contributed by atoms with Gasteiger partial charge in [0.05, 0.1) is 23.4 Å². The molecule has 0 unspecified atom stereocenters. The molecule has 3 N–H and O–H groups in total. The lowest BCUT2D eigenvalue weighted by molar-refractivity contribution is 0.0695. The minimum Gasteiger partial charge on any atom is -0.494 e. The van der Waals surface area contributed by atoms with E-state index in [0.717, 1.165) is 6.07 Å². The Hall–Kier alpha value is -4.46. The van der Waals surface area contributed by atoms with Crippen LogP contribution in [0.15, 0.2) is 60.7 Å². The standard InChI is InChI=1S/C25H21NO7/c1-3-33-17-11-9-16(10-12-17)23(28)26-21-19(24(29)30)13-18(14(2)20(21)25(31)32)22(27)15-7-5-4-6-8-15/h4-13H,3H2,1-2H3,(H,26,28)(H,29,30)(H,31,32).